The summed E-state index contributed by atoms with van der Waals surface area (Å²) in [6.07, 6.45) is 4.32. The van der Waals surface area contributed by atoms with E-state index < -0.39 is 0 Å². The highest BCUT2D eigenvalue weighted by Gasteiger charge is 2.20. The van der Waals surface area contributed by atoms with Gasteiger partial charge in [0.15, 0.2) is 5.65 Å². The van der Waals surface area contributed by atoms with Crippen molar-refractivity contribution in [1.29, 1.82) is 0 Å². The van der Waals surface area contributed by atoms with Crippen LogP contribution in [-0.2, 0) is 6.54 Å². The average molecular weight is 204 g/mol. The molecule has 2 aromatic heterocycles. The van der Waals surface area contributed by atoms with Crippen molar-refractivity contribution in [2.24, 2.45) is 0 Å². The third-order valence-electron chi connectivity index (χ3n) is 2.66. The fourth-order valence-electron chi connectivity index (χ4n) is 1.61. The van der Waals surface area contributed by atoms with Crippen LogP contribution >= 0.6 is 0 Å². The Bertz CT molecular complexity index is 538. The summed E-state index contributed by atoms with van der Waals surface area (Å²) in [5.74, 6) is 0. The molecule has 2 aromatic rings. The van der Waals surface area contributed by atoms with Crippen molar-refractivity contribution in [3.63, 3.8) is 0 Å². The predicted molar refractivity (Wildman–Crippen MR) is 56.6 cm³/mol. The van der Waals surface area contributed by atoms with Gasteiger partial charge in [0, 0.05) is 18.8 Å². The van der Waals surface area contributed by atoms with E-state index in [9.17, 15) is 4.79 Å². The largest absolute Gasteiger partial charge is 0.310 e. The van der Waals surface area contributed by atoms with Crippen molar-refractivity contribution in [1.82, 2.24) is 20.5 Å². The molecule has 3 rings (SSSR count). The Morgan fingerprint density at radius 2 is 2.33 bits per heavy atom. The van der Waals surface area contributed by atoms with Gasteiger partial charge in [-0.2, -0.15) is 0 Å². The van der Waals surface area contributed by atoms with Crippen molar-refractivity contribution in [2.45, 2.75) is 25.4 Å². The van der Waals surface area contributed by atoms with E-state index in [2.05, 4.69) is 20.5 Å². The first-order valence-electron chi connectivity index (χ1n) is 5.11. The molecular weight excluding hydrogens is 192 g/mol. The summed E-state index contributed by atoms with van der Waals surface area (Å²) in [7, 11) is 0. The topological polar surface area (TPSA) is 73.6 Å². The Morgan fingerprint density at radius 1 is 1.47 bits per heavy atom. The van der Waals surface area contributed by atoms with Crippen LogP contribution in [0.2, 0.25) is 0 Å². The van der Waals surface area contributed by atoms with Crippen LogP contribution in [0.15, 0.2) is 17.1 Å². The Labute approximate surface area is 85.9 Å². The zero-order valence-electron chi connectivity index (χ0n) is 8.21. The minimum Gasteiger partial charge on any atom is -0.310 e. The molecule has 5 nitrogen and oxygen atoms in total. The molecule has 0 atom stereocenters. The van der Waals surface area contributed by atoms with Crippen LogP contribution in [0.5, 0.6) is 0 Å². The molecule has 0 saturated heterocycles. The summed E-state index contributed by atoms with van der Waals surface area (Å²) in [5, 5.41) is 9.26. The van der Waals surface area contributed by atoms with E-state index in [-0.39, 0.29) is 5.56 Å². The second kappa shape index (κ2) is 3.20. The first kappa shape index (κ1) is 8.67. The smallest absolute Gasteiger partial charge is 0.273 e. The zero-order valence-corrected chi connectivity index (χ0v) is 8.21. The number of nitrogens with one attached hydrogen (secondary N) is 3. The van der Waals surface area contributed by atoms with Crippen LogP contribution in [-0.4, -0.2) is 21.2 Å². The van der Waals surface area contributed by atoms with Crippen LogP contribution in [0.4, 0.5) is 0 Å². The molecule has 1 aliphatic carbocycles. The summed E-state index contributed by atoms with van der Waals surface area (Å²) >= 11 is 0. The fourth-order valence-corrected chi connectivity index (χ4v) is 1.61. The summed E-state index contributed by atoms with van der Waals surface area (Å²) in [4.78, 5) is 15.5. The normalized spacial score (nSPS) is 16.0. The lowest BCUT2D eigenvalue weighted by atomic mass is 10.2. The molecule has 15 heavy (non-hydrogen) atoms. The van der Waals surface area contributed by atoms with Gasteiger partial charge in [-0.05, 0) is 24.5 Å². The molecule has 78 valence electrons. The summed E-state index contributed by atoms with van der Waals surface area (Å²) in [6, 6.07) is 2.55. The number of nitrogens with zero attached hydrogens (tertiary/aromatic N) is 1. The number of hydrogen-bond donors (Lipinski definition) is 3. The summed E-state index contributed by atoms with van der Waals surface area (Å²) in [5.41, 5.74) is 1.57. The van der Waals surface area contributed by atoms with E-state index in [1.807, 2.05) is 6.07 Å². The highest BCUT2D eigenvalue weighted by atomic mass is 16.1. The van der Waals surface area contributed by atoms with Gasteiger partial charge in [0.2, 0.25) is 0 Å². The van der Waals surface area contributed by atoms with Gasteiger partial charge in [-0.25, -0.2) is 4.98 Å². The number of hydrogen-bond acceptors (Lipinski definition) is 3. The van der Waals surface area contributed by atoms with Gasteiger partial charge >= 0.3 is 0 Å². The van der Waals surface area contributed by atoms with Gasteiger partial charge < -0.3 is 5.32 Å². The molecule has 0 amide bonds. The maximum absolute atomic E-state index is 11.3. The molecule has 0 aromatic carbocycles. The molecule has 0 unspecified atom stereocenters. The van der Waals surface area contributed by atoms with Crippen molar-refractivity contribution >= 4 is 11.0 Å². The minimum atomic E-state index is -0.106. The maximum atomic E-state index is 11.3. The van der Waals surface area contributed by atoms with E-state index in [0.717, 1.165) is 12.1 Å². The highest BCUT2D eigenvalue weighted by molar-refractivity contribution is 5.73. The Hall–Kier alpha value is -1.62. The second-order valence-electron chi connectivity index (χ2n) is 3.97. The zero-order chi connectivity index (χ0) is 10.3. The van der Waals surface area contributed by atoms with Gasteiger partial charge in [0.05, 0.1) is 5.39 Å². The molecular formula is C10H12N4O. The predicted octanol–water partition coefficient (Wildman–Crippen LogP) is 0.503. The van der Waals surface area contributed by atoms with E-state index in [4.69, 9.17) is 0 Å². The summed E-state index contributed by atoms with van der Waals surface area (Å²) in [6.45, 7) is 0.790. The van der Waals surface area contributed by atoms with Crippen LogP contribution < -0.4 is 10.9 Å². The first-order valence-corrected chi connectivity index (χ1v) is 5.11. The number of fused-ring (bicyclic) bond motifs is 1. The number of rotatable bonds is 3. The third kappa shape index (κ3) is 1.66. The molecule has 5 heteroatoms. The fraction of sp³-hybridized carbons (Fsp3) is 0.400. The Morgan fingerprint density at radius 3 is 3.13 bits per heavy atom. The number of aromatic nitrogens is 3. The van der Waals surface area contributed by atoms with Crippen molar-refractivity contribution in [2.75, 3.05) is 0 Å². The van der Waals surface area contributed by atoms with Crippen LogP contribution in [0.25, 0.3) is 11.0 Å². The molecule has 0 bridgehead atoms. The third-order valence-corrected chi connectivity index (χ3v) is 2.66. The quantitative estimate of drug-likeness (QED) is 0.681. The lowest BCUT2D eigenvalue weighted by Crippen LogP contribution is -2.15. The number of aromatic amines is 2. The molecule has 1 saturated carbocycles. The van der Waals surface area contributed by atoms with Gasteiger partial charge in [-0.1, -0.05) is 0 Å². The van der Waals surface area contributed by atoms with E-state index in [0.29, 0.717) is 17.1 Å². The monoisotopic (exact) mass is 204 g/mol. The van der Waals surface area contributed by atoms with Gasteiger partial charge in [-0.3, -0.25) is 15.0 Å². The molecule has 1 aliphatic rings. The maximum Gasteiger partial charge on any atom is 0.273 e. The number of H-pyrrole nitrogens is 2. The van der Waals surface area contributed by atoms with Crippen LogP contribution in [0.1, 0.15) is 18.4 Å². The van der Waals surface area contributed by atoms with Crippen LogP contribution in [0.3, 0.4) is 0 Å². The number of pyridine rings is 1. The SMILES string of the molecule is O=c1[nH][nH]c2ncc(CNC3CC3)cc12. The molecule has 3 N–H and O–H groups in total. The standard InChI is InChI=1S/C10H12N4O/c15-10-8-3-6(4-11-7-1-2-7)5-12-9(8)13-14-10/h3,5,7,11H,1-2,4H2,(H2,12,13,14,15). The first-order chi connectivity index (χ1) is 7.33. The van der Waals surface area contributed by atoms with Gasteiger partial charge in [0.25, 0.3) is 5.56 Å². The molecule has 2 heterocycles. The molecule has 0 radical (unpaired) electrons. The van der Waals surface area contributed by atoms with E-state index in [1.54, 1.807) is 6.20 Å². The Kier molecular flexibility index (Phi) is 1.85. The van der Waals surface area contributed by atoms with Crippen molar-refractivity contribution in [3.8, 4) is 0 Å². The minimum absolute atomic E-state index is 0.106. The average Bonchev–Trinajstić information content (AvgIpc) is 3.02. The second-order valence-corrected chi connectivity index (χ2v) is 3.97. The lowest BCUT2D eigenvalue weighted by Gasteiger charge is -2.01. The molecule has 0 aliphatic heterocycles. The van der Waals surface area contributed by atoms with Crippen molar-refractivity contribution in [3.05, 3.63) is 28.2 Å². The Balaban J connectivity index is 1.90. The van der Waals surface area contributed by atoms with E-state index in [1.165, 1.54) is 12.8 Å². The van der Waals surface area contributed by atoms with Crippen molar-refractivity contribution < 1.29 is 0 Å². The van der Waals surface area contributed by atoms with E-state index >= 15 is 0 Å². The highest BCUT2D eigenvalue weighted by Crippen LogP contribution is 2.19. The molecule has 0 spiro atoms. The van der Waals surface area contributed by atoms with Gasteiger partial charge in [-0.15, -0.1) is 0 Å². The lowest BCUT2D eigenvalue weighted by molar-refractivity contribution is 0.687. The van der Waals surface area contributed by atoms with Crippen LogP contribution in [0, 0.1) is 0 Å². The molecule has 1 fully saturated rings. The van der Waals surface area contributed by atoms with Gasteiger partial charge in [0.1, 0.15) is 0 Å². The summed E-state index contributed by atoms with van der Waals surface area (Å²) < 4.78 is 0.